The maximum Gasteiger partial charge on any atom is 0.328 e. The van der Waals surface area contributed by atoms with Gasteiger partial charge in [-0.15, -0.1) is 0 Å². The number of piperidine rings is 1. The van der Waals surface area contributed by atoms with Gasteiger partial charge in [-0.2, -0.15) is 0 Å². The van der Waals surface area contributed by atoms with Crippen LogP contribution >= 0.6 is 15.9 Å². The van der Waals surface area contributed by atoms with Crippen molar-refractivity contribution in [1.29, 1.82) is 0 Å². The van der Waals surface area contributed by atoms with E-state index in [1.54, 1.807) is 13.2 Å². The predicted molar refractivity (Wildman–Crippen MR) is 87.6 cm³/mol. The lowest BCUT2D eigenvalue weighted by molar-refractivity contribution is -0.131. The minimum absolute atomic E-state index is 0.247. The summed E-state index contributed by atoms with van der Waals surface area (Å²) in [4.78, 5) is 12.9. The fourth-order valence-electron chi connectivity index (χ4n) is 2.61. The number of methoxy groups -OCH3 is 1. The average molecular weight is 354 g/mol. The van der Waals surface area contributed by atoms with Crippen LogP contribution in [0.4, 0.5) is 5.69 Å². The molecule has 21 heavy (non-hydrogen) atoms. The molecule has 0 aliphatic carbocycles. The number of carboxylic acid groups (broad SMARTS) is 1. The Hall–Kier alpha value is -1.33. The van der Waals surface area contributed by atoms with Crippen molar-refractivity contribution >= 4 is 33.7 Å². The van der Waals surface area contributed by atoms with E-state index < -0.39 is 5.97 Å². The second-order valence-electron chi connectivity index (χ2n) is 5.37. The molecule has 1 aromatic carbocycles. The molecule has 5 heteroatoms. The second kappa shape index (κ2) is 7.09. The Morgan fingerprint density at radius 2 is 2.29 bits per heavy atom. The van der Waals surface area contributed by atoms with Crippen molar-refractivity contribution in [2.45, 2.75) is 19.4 Å². The largest absolute Gasteiger partial charge is 0.478 e. The summed E-state index contributed by atoms with van der Waals surface area (Å²) in [7, 11) is 1.76. The topological polar surface area (TPSA) is 49.8 Å². The highest BCUT2D eigenvalue weighted by atomic mass is 79.9. The SMILES string of the molecule is COC1CN(c2ccc(/C=C/C(=O)O)cc2Br)CCC1C. The molecule has 1 aromatic rings. The van der Waals surface area contributed by atoms with Gasteiger partial charge in [0.2, 0.25) is 0 Å². The lowest BCUT2D eigenvalue weighted by atomic mass is 9.95. The zero-order chi connectivity index (χ0) is 15.4. The third kappa shape index (κ3) is 4.08. The summed E-state index contributed by atoms with van der Waals surface area (Å²) in [5.41, 5.74) is 1.98. The van der Waals surface area contributed by atoms with Crippen LogP contribution in [0, 0.1) is 5.92 Å². The molecule has 114 valence electrons. The predicted octanol–water partition coefficient (Wildman–Crippen LogP) is 3.41. The Labute approximate surface area is 133 Å². The van der Waals surface area contributed by atoms with Crippen LogP contribution in [0.2, 0.25) is 0 Å². The number of halogens is 1. The van der Waals surface area contributed by atoms with Crippen molar-refractivity contribution in [1.82, 2.24) is 0 Å². The first kappa shape index (κ1) is 16.0. The molecule has 0 bridgehead atoms. The van der Waals surface area contributed by atoms with Crippen molar-refractivity contribution in [3.8, 4) is 0 Å². The van der Waals surface area contributed by atoms with E-state index in [2.05, 4.69) is 27.8 Å². The molecule has 0 amide bonds. The smallest absolute Gasteiger partial charge is 0.328 e. The molecule has 0 saturated carbocycles. The van der Waals surface area contributed by atoms with Crippen LogP contribution in [0.1, 0.15) is 18.9 Å². The number of carboxylic acids is 1. The van der Waals surface area contributed by atoms with Gasteiger partial charge in [0.05, 0.1) is 11.8 Å². The van der Waals surface area contributed by atoms with Crippen molar-refractivity contribution in [2.75, 3.05) is 25.1 Å². The number of carbonyl (C=O) groups is 1. The first-order chi connectivity index (χ1) is 10.0. The van der Waals surface area contributed by atoms with E-state index in [0.717, 1.165) is 41.3 Å². The van der Waals surface area contributed by atoms with Gasteiger partial charge >= 0.3 is 5.97 Å². The molecule has 1 saturated heterocycles. The summed E-state index contributed by atoms with van der Waals surface area (Å²) in [6, 6.07) is 5.89. The van der Waals surface area contributed by atoms with Crippen molar-refractivity contribution < 1.29 is 14.6 Å². The molecule has 1 N–H and O–H groups in total. The molecule has 1 aliphatic rings. The average Bonchev–Trinajstić information content (AvgIpc) is 2.46. The summed E-state index contributed by atoms with van der Waals surface area (Å²) < 4.78 is 6.52. The van der Waals surface area contributed by atoms with Gasteiger partial charge in [-0.1, -0.05) is 13.0 Å². The number of aliphatic carboxylic acids is 1. The number of rotatable bonds is 4. The minimum atomic E-state index is -0.942. The molecule has 0 radical (unpaired) electrons. The van der Waals surface area contributed by atoms with Crippen LogP contribution in [-0.2, 0) is 9.53 Å². The first-order valence-electron chi connectivity index (χ1n) is 6.99. The number of nitrogens with zero attached hydrogens (tertiary/aromatic N) is 1. The van der Waals surface area contributed by atoms with Gasteiger partial charge in [-0.3, -0.25) is 0 Å². The Morgan fingerprint density at radius 3 is 2.90 bits per heavy atom. The standard InChI is InChI=1S/C16H20BrNO3/c1-11-7-8-18(10-15(11)21-2)14-5-3-12(9-13(14)17)4-6-16(19)20/h3-6,9,11,15H,7-8,10H2,1-2H3,(H,19,20)/b6-4+. The van der Waals surface area contributed by atoms with Crippen molar-refractivity contribution in [2.24, 2.45) is 5.92 Å². The second-order valence-corrected chi connectivity index (χ2v) is 6.22. The van der Waals surface area contributed by atoms with Gasteiger partial charge in [0.25, 0.3) is 0 Å². The van der Waals surface area contributed by atoms with Gasteiger partial charge in [0.1, 0.15) is 0 Å². The van der Waals surface area contributed by atoms with Gasteiger partial charge in [0, 0.05) is 30.7 Å². The lowest BCUT2D eigenvalue weighted by Crippen LogP contribution is -2.44. The first-order valence-corrected chi connectivity index (χ1v) is 7.79. The van der Waals surface area contributed by atoms with Crippen LogP contribution in [0.15, 0.2) is 28.7 Å². The Bertz CT molecular complexity index is 544. The van der Waals surface area contributed by atoms with Gasteiger partial charge in [-0.25, -0.2) is 4.79 Å². The van der Waals surface area contributed by atoms with E-state index in [-0.39, 0.29) is 6.10 Å². The molecular weight excluding hydrogens is 334 g/mol. The summed E-state index contributed by atoms with van der Waals surface area (Å²) >= 11 is 3.58. The van der Waals surface area contributed by atoms with Crippen LogP contribution in [0.25, 0.3) is 6.08 Å². The normalized spacial score (nSPS) is 22.7. The molecule has 4 nitrogen and oxygen atoms in total. The van der Waals surface area contributed by atoms with E-state index in [4.69, 9.17) is 9.84 Å². The number of ether oxygens (including phenoxy) is 1. The highest BCUT2D eigenvalue weighted by molar-refractivity contribution is 9.10. The van der Waals surface area contributed by atoms with Crippen LogP contribution in [-0.4, -0.2) is 37.4 Å². The quantitative estimate of drug-likeness (QED) is 0.842. The monoisotopic (exact) mass is 353 g/mol. The molecule has 2 rings (SSSR count). The highest BCUT2D eigenvalue weighted by Crippen LogP contribution is 2.31. The Kier molecular flexibility index (Phi) is 5.42. The van der Waals surface area contributed by atoms with Crippen molar-refractivity contribution in [3.05, 3.63) is 34.3 Å². The molecule has 0 aromatic heterocycles. The highest BCUT2D eigenvalue weighted by Gasteiger charge is 2.26. The Balaban J connectivity index is 2.15. The fraction of sp³-hybridized carbons (Fsp3) is 0.438. The molecule has 1 fully saturated rings. The summed E-state index contributed by atoms with van der Waals surface area (Å²) in [6.45, 7) is 4.10. The molecule has 0 spiro atoms. The van der Waals surface area contributed by atoms with E-state index in [0.29, 0.717) is 5.92 Å². The molecular formula is C16H20BrNO3. The van der Waals surface area contributed by atoms with Gasteiger partial charge in [0.15, 0.2) is 0 Å². The van der Waals surface area contributed by atoms with E-state index in [1.807, 2.05) is 18.2 Å². The van der Waals surface area contributed by atoms with E-state index in [1.165, 1.54) is 0 Å². The van der Waals surface area contributed by atoms with Gasteiger partial charge in [-0.05, 0) is 52.0 Å². The summed E-state index contributed by atoms with van der Waals surface area (Å²) in [5.74, 6) is -0.369. The summed E-state index contributed by atoms with van der Waals surface area (Å²) in [6.07, 6.45) is 4.08. The lowest BCUT2D eigenvalue weighted by Gasteiger charge is -2.38. The molecule has 2 unspecified atom stereocenters. The van der Waals surface area contributed by atoms with Crippen LogP contribution < -0.4 is 4.90 Å². The minimum Gasteiger partial charge on any atom is -0.478 e. The number of hydrogen-bond donors (Lipinski definition) is 1. The maximum atomic E-state index is 10.6. The number of benzene rings is 1. The maximum absolute atomic E-state index is 10.6. The number of hydrogen-bond acceptors (Lipinski definition) is 3. The third-order valence-corrected chi connectivity index (χ3v) is 4.56. The van der Waals surface area contributed by atoms with E-state index in [9.17, 15) is 4.79 Å². The van der Waals surface area contributed by atoms with Crippen LogP contribution in [0.3, 0.4) is 0 Å². The Morgan fingerprint density at radius 1 is 1.52 bits per heavy atom. The molecule has 1 aliphatic heterocycles. The molecule has 1 heterocycles. The zero-order valence-corrected chi connectivity index (χ0v) is 13.8. The number of anilines is 1. The van der Waals surface area contributed by atoms with Crippen LogP contribution in [0.5, 0.6) is 0 Å². The van der Waals surface area contributed by atoms with Crippen molar-refractivity contribution in [3.63, 3.8) is 0 Å². The molecule has 2 atom stereocenters. The fourth-order valence-corrected chi connectivity index (χ4v) is 3.26. The van der Waals surface area contributed by atoms with Gasteiger partial charge < -0.3 is 14.7 Å². The van der Waals surface area contributed by atoms with E-state index >= 15 is 0 Å². The zero-order valence-electron chi connectivity index (χ0n) is 12.3. The summed E-state index contributed by atoms with van der Waals surface area (Å²) in [5, 5.41) is 8.66. The third-order valence-electron chi connectivity index (χ3n) is 3.92.